The van der Waals surface area contributed by atoms with Gasteiger partial charge in [0.1, 0.15) is 0 Å². The highest BCUT2D eigenvalue weighted by Gasteiger charge is 2.28. The van der Waals surface area contributed by atoms with Crippen LogP contribution in [0.3, 0.4) is 0 Å². The summed E-state index contributed by atoms with van der Waals surface area (Å²) in [5.41, 5.74) is 0.686. The number of halogens is 1. The minimum Gasteiger partial charge on any atom is -0.359 e. The molecule has 0 saturated heterocycles. The number of rotatable bonds is 9. The van der Waals surface area contributed by atoms with Crippen molar-refractivity contribution in [3.8, 4) is 0 Å². The maximum absolute atomic E-state index is 13.2. The van der Waals surface area contributed by atoms with E-state index in [1.807, 2.05) is 0 Å². The number of amides is 2. The Balaban J connectivity index is 1.78. The molecule has 2 aromatic rings. The summed E-state index contributed by atoms with van der Waals surface area (Å²) in [5.74, 6) is 0.0698. The monoisotopic (exact) mass is 480 g/mol. The Morgan fingerprint density at radius 2 is 1.97 bits per heavy atom. The van der Waals surface area contributed by atoms with Gasteiger partial charge in [-0.05, 0) is 30.0 Å². The molecule has 1 aromatic carbocycles. The Kier molecular flexibility index (Phi) is 7.95. The lowest BCUT2D eigenvalue weighted by molar-refractivity contribution is -0.121. The van der Waals surface area contributed by atoms with Gasteiger partial charge >= 0.3 is 0 Å². The van der Waals surface area contributed by atoms with E-state index >= 15 is 0 Å². The molecule has 0 unspecified atom stereocenters. The molecule has 1 fully saturated rings. The van der Waals surface area contributed by atoms with E-state index in [0.717, 1.165) is 31.9 Å². The normalized spacial score (nSPS) is 15.5. The van der Waals surface area contributed by atoms with Crippen LogP contribution in [-0.2, 0) is 26.0 Å². The number of nitrogens with zero attached hydrogens (tertiary/aromatic N) is 2. The maximum Gasteiger partial charge on any atom is 0.233 e. The molecule has 0 radical (unpaired) electrons. The molecule has 174 valence electrons. The maximum atomic E-state index is 13.2. The summed E-state index contributed by atoms with van der Waals surface area (Å²) in [6.07, 6.45) is 8.24. The van der Waals surface area contributed by atoms with Gasteiger partial charge in [-0.1, -0.05) is 43.4 Å². The van der Waals surface area contributed by atoms with Crippen LogP contribution in [0.2, 0.25) is 5.02 Å². The van der Waals surface area contributed by atoms with Crippen LogP contribution in [0.5, 0.6) is 0 Å². The molecule has 1 aliphatic carbocycles. The van der Waals surface area contributed by atoms with Crippen molar-refractivity contribution in [3.05, 3.63) is 41.0 Å². The third-order valence-corrected chi connectivity index (χ3v) is 7.44. The molecule has 1 atom stereocenters. The number of aryl methyl sites for hydroxylation is 1. The summed E-state index contributed by atoms with van der Waals surface area (Å²) in [4.78, 5) is 24.7. The van der Waals surface area contributed by atoms with Crippen molar-refractivity contribution in [2.24, 2.45) is 5.92 Å². The first-order chi connectivity index (χ1) is 15.2. The number of aromatic nitrogens is 2. The topological polar surface area (TPSA) is 110 Å². The molecule has 2 N–H and O–H groups in total. The smallest absolute Gasteiger partial charge is 0.233 e. The van der Waals surface area contributed by atoms with Gasteiger partial charge in [-0.2, -0.15) is 5.10 Å². The molecule has 8 nitrogen and oxygen atoms in total. The van der Waals surface area contributed by atoms with E-state index in [4.69, 9.17) is 11.6 Å². The highest BCUT2D eigenvalue weighted by molar-refractivity contribution is 7.90. The lowest BCUT2D eigenvalue weighted by Crippen LogP contribution is -2.24. The van der Waals surface area contributed by atoms with Crippen LogP contribution in [0.25, 0.3) is 0 Å². The van der Waals surface area contributed by atoms with Gasteiger partial charge in [0.25, 0.3) is 0 Å². The van der Waals surface area contributed by atoms with Crippen LogP contribution in [0.15, 0.2) is 35.4 Å². The number of sulfone groups is 1. The summed E-state index contributed by atoms with van der Waals surface area (Å²) in [5, 5.41) is 9.88. The Hall–Kier alpha value is -2.39. The predicted molar refractivity (Wildman–Crippen MR) is 123 cm³/mol. The quantitative estimate of drug-likeness (QED) is 0.571. The molecule has 32 heavy (non-hydrogen) atoms. The van der Waals surface area contributed by atoms with E-state index in [1.54, 1.807) is 36.1 Å². The Morgan fingerprint density at radius 3 is 2.59 bits per heavy atom. The fourth-order valence-electron chi connectivity index (χ4n) is 4.12. The second-order valence-electron chi connectivity index (χ2n) is 8.28. The van der Waals surface area contributed by atoms with E-state index in [-0.39, 0.29) is 21.7 Å². The number of carbonyl (C=O) groups is 2. The molecule has 0 aliphatic heterocycles. The molecular weight excluding hydrogens is 452 g/mol. The first-order valence-corrected chi connectivity index (χ1v) is 13.0. The van der Waals surface area contributed by atoms with Crippen molar-refractivity contribution < 1.29 is 18.0 Å². The van der Waals surface area contributed by atoms with Crippen LogP contribution in [0, 0.1) is 5.92 Å². The molecule has 0 spiro atoms. The van der Waals surface area contributed by atoms with E-state index in [2.05, 4.69) is 15.7 Å². The average molecular weight is 481 g/mol. The van der Waals surface area contributed by atoms with Gasteiger partial charge in [0.05, 0.1) is 15.8 Å². The van der Waals surface area contributed by atoms with E-state index in [1.165, 1.54) is 6.07 Å². The molecule has 1 aliphatic rings. The van der Waals surface area contributed by atoms with Crippen molar-refractivity contribution >= 4 is 39.1 Å². The van der Waals surface area contributed by atoms with Crippen LogP contribution >= 0.6 is 11.6 Å². The van der Waals surface area contributed by atoms with Gasteiger partial charge in [0.2, 0.25) is 11.8 Å². The molecule has 0 bridgehead atoms. The fraction of sp³-hybridized carbons (Fsp3) is 0.500. The number of hydrogen-bond donors (Lipinski definition) is 2. The predicted octanol–water partition coefficient (Wildman–Crippen LogP) is 3.38. The van der Waals surface area contributed by atoms with E-state index in [9.17, 15) is 18.0 Å². The Labute approximate surface area is 193 Å². The van der Waals surface area contributed by atoms with Crippen LogP contribution in [0.4, 0.5) is 5.82 Å². The molecular formula is C22H29ClN4O4S. The van der Waals surface area contributed by atoms with Crippen molar-refractivity contribution in [1.82, 2.24) is 15.1 Å². The van der Waals surface area contributed by atoms with Gasteiger partial charge < -0.3 is 10.6 Å². The molecule has 3 rings (SSSR count). The third-order valence-electron chi connectivity index (χ3n) is 5.86. The van der Waals surface area contributed by atoms with Crippen molar-refractivity contribution in [1.29, 1.82) is 0 Å². The first-order valence-electron chi connectivity index (χ1n) is 10.7. The zero-order valence-corrected chi connectivity index (χ0v) is 19.9. The average Bonchev–Trinajstić information content (AvgIpc) is 3.41. The largest absolute Gasteiger partial charge is 0.359 e. The SMILES string of the molecule is CNC(=O)CCn1ccc(NC(=O)[C@H](CC2CCCC2)c2ccc(S(C)(=O)=O)c(Cl)c2)n1. The second kappa shape index (κ2) is 10.5. The summed E-state index contributed by atoms with van der Waals surface area (Å²) in [6.45, 7) is 0.406. The zero-order chi connectivity index (χ0) is 23.3. The molecule has 10 heteroatoms. The summed E-state index contributed by atoms with van der Waals surface area (Å²) in [6, 6.07) is 6.41. The molecule has 2 amide bonds. The zero-order valence-electron chi connectivity index (χ0n) is 18.3. The lowest BCUT2D eigenvalue weighted by Gasteiger charge is -2.21. The molecule has 1 heterocycles. The van der Waals surface area contributed by atoms with Gasteiger partial charge in [0, 0.05) is 38.5 Å². The van der Waals surface area contributed by atoms with Crippen LogP contribution in [-0.4, -0.2) is 43.3 Å². The van der Waals surface area contributed by atoms with Crippen molar-refractivity contribution in [3.63, 3.8) is 0 Å². The summed E-state index contributed by atoms with van der Waals surface area (Å²) in [7, 11) is -1.87. The Morgan fingerprint density at radius 1 is 1.25 bits per heavy atom. The number of benzene rings is 1. The van der Waals surface area contributed by atoms with E-state index in [0.29, 0.717) is 36.7 Å². The minimum atomic E-state index is -3.45. The first kappa shape index (κ1) is 24.3. The fourth-order valence-corrected chi connectivity index (χ4v) is 5.45. The highest BCUT2D eigenvalue weighted by atomic mass is 35.5. The Bertz CT molecular complexity index is 1080. The summed E-state index contributed by atoms with van der Waals surface area (Å²) >= 11 is 6.26. The number of carbonyl (C=O) groups excluding carboxylic acids is 2. The van der Waals surface area contributed by atoms with Gasteiger partial charge in [0.15, 0.2) is 15.7 Å². The summed E-state index contributed by atoms with van der Waals surface area (Å²) < 4.78 is 25.4. The van der Waals surface area contributed by atoms with Crippen molar-refractivity contribution in [2.45, 2.75) is 55.9 Å². The third kappa shape index (κ3) is 6.32. The van der Waals surface area contributed by atoms with Crippen LogP contribution < -0.4 is 10.6 Å². The minimum absolute atomic E-state index is 0.0535. The van der Waals surface area contributed by atoms with Gasteiger partial charge in [-0.25, -0.2) is 8.42 Å². The highest BCUT2D eigenvalue weighted by Crippen LogP contribution is 2.36. The van der Waals surface area contributed by atoms with Crippen LogP contribution in [0.1, 0.15) is 50.0 Å². The van der Waals surface area contributed by atoms with Crippen molar-refractivity contribution in [2.75, 3.05) is 18.6 Å². The standard InChI is InChI=1S/C22H29ClN4O4S/c1-24-21(28)10-12-27-11-9-20(26-27)25-22(29)17(13-15-5-3-4-6-15)16-7-8-19(18(23)14-16)32(2,30)31/h7-9,11,14-15,17H,3-6,10,12-13H2,1-2H3,(H,24,28)(H,25,26,29)/t17-/m1/s1. The number of anilines is 1. The second-order valence-corrected chi connectivity index (χ2v) is 10.7. The van der Waals surface area contributed by atoms with Gasteiger partial charge in [-0.3, -0.25) is 14.3 Å². The number of hydrogen-bond acceptors (Lipinski definition) is 5. The molecule has 1 aromatic heterocycles. The number of nitrogens with one attached hydrogen (secondary N) is 2. The molecule has 1 saturated carbocycles. The lowest BCUT2D eigenvalue weighted by atomic mass is 9.87. The van der Waals surface area contributed by atoms with Gasteiger partial charge in [-0.15, -0.1) is 0 Å². The van der Waals surface area contributed by atoms with E-state index < -0.39 is 15.8 Å².